The molecular formula is C13H10N2O2. The summed E-state index contributed by atoms with van der Waals surface area (Å²) < 4.78 is 4.99. The molecule has 4 nitrogen and oxygen atoms in total. The van der Waals surface area contributed by atoms with Crippen molar-refractivity contribution < 1.29 is 9.52 Å². The van der Waals surface area contributed by atoms with Crippen LogP contribution in [0.15, 0.2) is 40.8 Å². The third-order valence-electron chi connectivity index (χ3n) is 2.56. The number of oxazole rings is 1. The van der Waals surface area contributed by atoms with Crippen LogP contribution in [0, 0.1) is 6.92 Å². The first-order chi connectivity index (χ1) is 8.24. The Morgan fingerprint density at radius 1 is 1.06 bits per heavy atom. The van der Waals surface area contributed by atoms with E-state index in [1.165, 1.54) is 0 Å². The summed E-state index contributed by atoms with van der Waals surface area (Å²) in [5, 5.41) is 10.6. The highest BCUT2D eigenvalue weighted by atomic mass is 16.5. The van der Waals surface area contributed by atoms with Gasteiger partial charge in [0.05, 0.1) is 11.2 Å². The van der Waals surface area contributed by atoms with Gasteiger partial charge < -0.3 is 9.52 Å². The Hall–Kier alpha value is -2.36. The van der Waals surface area contributed by atoms with Gasteiger partial charge >= 0.3 is 5.95 Å². The van der Waals surface area contributed by atoms with E-state index >= 15 is 0 Å². The van der Waals surface area contributed by atoms with Crippen molar-refractivity contribution in [3.8, 4) is 17.3 Å². The monoisotopic (exact) mass is 226 g/mol. The Morgan fingerprint density at radius 3 is 2.65 bits per heavy atom. The molecule has 0 aliphatic rings. The van der Waals surface area contributed by atoms with Gasteiger partial charge in [0.25, 0.3) is 0 Å². The summed E-state index contributed by atoms with van der Waals surface area (Å²) in [6.45, 7) is 1.68. The first-order valence-corrected chi connectivity index (χ1v) is 5.26. The van der Waals surface area contributed by atoms with Crippen LogP contribution in [0.2, 0.25) is 0 Å². The number of rotatable bonds is 1. The van der Waals surface area contributed by atoms with Crippen LogP contribution in [0.5, 0.6) is 5.95 Å². The van der Waals surface area contributed by atoms with Gasteiger partial charge in [-0.25, -0.2) is 9.97 Å². The summed E-state index contributed by atoms with van der Waals surface area (Å²) in [7, 11) is 0. The van der Waals surface area contributed by atoms with Gasteiger partial charge in [-0.15, -0.1) is 0 Å². The van der Waals surface area contributed by atoms with Crippen molar-refractivity contribution in [1.82, 2.24) is 9.97 Å². The molecule has 0 atom stereocenters. The number of hydrogen-bond acceptors (Lipinski definition) is 4. The Bertz CT molecular complexity index is 689. The van der Waals surface area contributed by atoms with E-state index in [-0.39, 0.29) is 5.95 Å². The summed E-state index contributed by atoms with van der Waals surface area (Å²) in [5.74, 6) is 0.234. The molecule has 0 unspecified atom stereocenters. The number of nitrogens with zero attached hydrogens (tertiary/aromatic N) is 2. The number of aryl methyl sites for hydroxylation is 1. The quantitative estimate of drug-likeness (QED) is 0.693. The molecule has 4 heteroatoms. The fourth-order valence-electron chi connectivity index (χ4n) is 1.78. The third kappa shape index (κ3) is 1.63. The number of aromatic nitrogens is 2. The van der Waals surface area contributed by atoms with E-state index in [0.717, 1.165) is 10.9 Å². The van der Waals surface area contributed by atoms with Crippen molar-refractivity contribution in [2.24, 2.45) is 0 Å². The molecule has 0 bridgehead atoms. The lowest BCUT2D eigenvalue weighted by molar-refractivity contribution is 0.324. The molecule has 1 aromatic carbocycles. The Morgan fingerprint density at radius 2 is 1.88 bits per heavy atom. The molecule has 3 aromatic rings. The molecule has 0 radical (unpaired) electrons. The van der Waals surface area contributed by atoms with Gasteiger partial charge in [-0.3, -0.25) is 0 Å². The van der Waals surface area contributed by atoms with Gasteiger partial charge in [0, 0.05) is 12.3 Å². The molecule has 0 amide bonds. The van der Waals surface area contributed by atoms with Gasteiger partial charge in [0.1, 0.15) is 0 Å². The highest BCUT2D eigenvalue weighted by Crippen LogP contribution is 2.28. The van der Waals surface area contributed by atoms with Gasteiger partial charge in [-0.2, -0.15) is 0 Å². The molecule has 2 aromatic heterocycles. The molecule has 0 saturated heterocycles. The standard InChI is InChI=1S/C13H10N2O2/c1-8-14-12(13(16)17-8)11-7-6-9-4-2-3-5-10(9)15-11/h2-7,16H,1H3. The highest BCUT2D eigenvalue weighted by Gasteiger charge is 2.13. The van der Waals surface area contributed by atoms with E-state index in [4.69, 9.17) is 4.42 Å². The molecule has 0 saturated carbocycles. The molecule has 3 rings (SSSR count). The normalized spacial score (nSPS) is 10.9. The second-order valence-corrected chi connectivity index (χ2v) is 3.78. The van der Waals surface area contributed by atoms with Gasteiger partial charge in [-0.05, 0) is 12.1 Å². The fourth-order valence-corrected chi connectivity index (χ4v) is 1.78. The van der Waals surface area contributed by atoms with E-state index in [1.54, 1.807) is 6.92 Å². The van der Waals surface area contributed by atoms with Crippen LogP contribution in [0.1, 0.15) is 5.89 Å². The van der Waals surface area contributed by atoms with Crippen LogP contribution < -0.4 is 0 Å². The van der Waals surface area contributed by atoms with E-state index in [0.29, 0.717) is 17.3 Å². The first-order valence-electron chi connectivity index (χ1n) is 5.26. The van der Waals surface area contributed by atoms with Crippen molar-refractivity contribution in [3.63, 3.8) is 0 Å². The maximum Gasteiger partial charge on any atom is 0.312 e. The van der Waals surface area contributed by atoms with E-state index < -0.39 is 0 Å². The highest BCUT2D eigenvalue weighted by molar-refractivity contribution is 5.81. The summed E-state index contributed by atoms with van der Waals surface area (Å²) in [5.41, 5.74) is 1.86. The molecular weight excluding hydrogens is 216 g/mol. The van der Waals surface area contributed by atoms with Crippen LogP contribution >= 0.6 is 0 Å². The van der Waals surface area contributed by atoms with Crippen LogP contribution in [0.4, 0.5) is 0 Å². The molecule has 2 heterocycles. The minimum absolute atomic E-state index is 0.190. The molecule has 0 aliphatic heterocycles. The summed E-state index contributed by atoms with van der Waals surface area (Å²) in [6, 6.07) is 11.6. The second kappa shape index (κ2) is 3.59. The topological polar surface area (TPSA) is 59.2 Å². The first kappa shape index (κ1) is 9.84. The average Bonchev–Trinajstić information content (AvgIpc) is 2.68. The smallest absolute Gasteiger partial charge is 0.312 e. The number of para-hydroxylation sites is 1. The largest absolute Gasteiger partial charge is 0.479 e. The summed E-state index contributed by atoms with van der Waals surface area (Å²) >= 11 is 0. The van der Waals surface area contributed by atoms with Gasteiger partial charge in [0.15, 0.2) is 11.6 Å². The van der Waals surface area contributed by atoms with Crippen LogP contribution in [-0.4, -0.2) is 15.1 Å². The fraction of sp³-hybridized carbons (Fsp3) is 0.0769. The number of pyridine rings is 1. The Kier molecular flexibility index (Phi) is 2.08. The number of fused-ring (bicyclic) bond motifs is 1. The Balaban J connectivity index is 2.21. The number of aromatic hydroxyl groups is 1. The average molecular weight is 226 g/mol. The maximum atomic E-state index is 9.59. The van der Waals surface area contributed by atoms with Gasteiger partial charge in [0.2, 0.25) is 0 Å². The van der Waals surface area contributed by atoms with Crippen LogP contribution in [-0.2, 0) is 0 Å². The van der Waals surface area contributed by atoms with Crippen molar-refractivity contribution >= 4 is 10.9 Å². The predicted molar refractivity (Wildman–Crippen MR) is 63.6 cm³/mol. The molecule has 84 valence electrons. The third-order valence-corrected chi connectivity index (χ3v) is 2.56. The minimum atomic E-state index is -0.190. The zero-order valence-electron chi connectivity index (χ0n) is 9.21. The second-order valence-electron chi connectivity index (χ2n) is 3.78. The molecule has 0 fully saturated rings. The molecule has 1 N–H and O–H groups in total. The van der Waals surface area contributed by atoms with Crippen molar-refractivity contribution in [2.75, 3.05) is 0 Å². The molecule has 0 aliphatic carbocycles. The number of hydrogen-bond donors (Lipinski definition) is 1. The summed E-state index contributed by atoms with van der Waals surface area (Å²) in [4.78, 5) is 8.55. The zero-order chi connectivity index (χ0) is 11.8. The van der Waals surface area contributed by atoms with Crippen molar-refractivity contribution in [2.45, 2.75) is 6.92 Å². The SMILES string of the molecule is Cc1nc(-c2ccc3ccccc3n2)c(O)o1. The number of benzene rings is 1. The van der Waals surface area contributed by atoms with Crippen LogP contribution in [0.25, 0.3) is 22.3 Å². The zero-order valence-corrected chi connectivity index (χ0v) is 9.21. The minimum Gasteiger partial charge on any atom is -0.479 e. The lowest BCUT2D eigenvalue weighted by Gasteiger charge is -1.99. The maximum absolute atomic E-state index is 9.59. The molecule has 0 spiro atoms. The van der Waals surface area contributed by atoms with Crippen molar-refractivity contribution in [3.05, 3.63) is 42.3 Å². The predicted octanol–water partition coefficient (Wildman–Crippen LogP) is 2.90. The van der Waals surface area contributed by atoms with E-state index in [9.17, 15) is 5.11 Å². The lowest BCUT2D eigenvalue weighted by Crippen LogP contribution is -1.85. The van der Waals surface area contributed by atoms with E-state index in [1.807, 2.05) is 36.4 Å². The Labute approximate surface area is 97.6 Å². The van der Waals surface area contributed by atoms with Crippen LogP contribution in [0.3, 0.4) is 0 Å². The lowest BCUT2D eigenvalue weighted by atomic mass is 10.2. The summed E-state index contributed by atoms with van der Waals surface area (Å²) in [6.07, 6.45) is 0. The molecule has 17 heavy (non-hydrogen) atoms. The van der Waals surface area contributed by atoms with E-state index in [2.05, 4.69) is 9.97 Å². The van der Waals surface area contributed by atoms with Crippen molar-refractivity contribution in [1.29, 1.82) is 0 Å². The van der Waals surface area contributed by atoms with Gasteiger partial charge in [-0.1, -0.05) is 24.3 Å².